The summed E-state index contributed by atoms with van der Waals surface area (Å²) in [5.41, 5.74) is 7.98. The lowest BCUT2D eigenvalue weighted by Crippen LogP contribution is -2.43. The molecule has 2 fully saturated rings. The van der Waals surface area contributed by atoms with Crippen LogP contribution in [0.1, 0.15) is 33.6 Å². The van der Waals surface area contributed by atoms with Crippen LogP contribution in [0.2, 0.25) is 0 Å². The van der Waals surface area contributed by atoms with Crippen LogP contribution in [0.25, 0.3) is 10.4 Å². The van der Waals surface area contributed by atoms with E-state index in [-0.39, 0.29) is 18.2 Å². The Balaban J connectivity index is 1.94. The lowest BCUT2D eigenvalue weighted by atomic mass is 10.1. The Morgan fingerprint density at radius 2 is 2.24 bits per heavy atom. The van der Waals surface area contributed by atoms with Crippen molar-refractivity contribution in [3.63, 3.8) is 0 Å². The zero-order chi connectivity index (χ0) is 12.6. The molecule has 1 amide bonds. The van der Waals surface area contributed by atoms with Gasteiger partial charge in [0.1, 0.15) is 5.60 Å². The van der Waals surface area contributed by atoms with E-state index in [1.54, 1.807) is 4.90 Å². The first-order chi connectivity index (χ1) is 7.92. The summed E-state index contributed by atoms with van der Waals surface area (Å²) in [7, 11) is 0. The molecule has 1 heterocycles. The highest BCUT2D eigenvalue weighted by Crippen LogP contribution is 2.45. The summed E-state index contributed by atoms with van der Waals surface area (Å²) in [5, 5.41) is 3.78. The summed E-state index contributed by atoms with van der Waals surface area (Å²) in [6, 6.07) is 0.276. The van der Waals surface area contributed by atoms with E-state index < -0.39 is 5.60 Å². The third-order valence-corrected chi connectivity index (χ3v) is 3.19. The van der Waals surface area contributed by atoms with Gasteiger partial charge >= 0.3 is 6.09 Å². The number of rotatable bonds is 1. The molecule has 3 atom stereocenters. The van der Waals surface area contributed by atoms with Crippen LogP contribution in [0.4, 0.5) is 4.79 Å². The highest BCUT2D eigenvalue weighted by atomic mass is 16.6. The van der Waals surface area contributed by atoms with Gasteiger partial charge in [0.2, 0.25) is 0 Å². The summed E-state index contributed by atoms with van der Waals surface area (Å²) in [4.78, 5) is 16.5. The van der Waals surface area contributed by atoms with Gasteiger partial charge in [0.25, 0.3) is 0 Å². The monoisotopic (exact) mass is 238 g/mol. The molecule has 6 heteroatoms. The van der Waals surface area contributed by atoms with Crippen molar-refractivity contribution in [1.29, 1.82) is 0 Å². The molecule has 0 radical (unpaired) electrons. The molecule has 1 saturated heterocycles. The van der Waals surface area contributed by atoms with Crippen molar-refractivity contribution in [1.82, 2.24) is 4.90 Å². The maximum Gasteiger partial charge on any atom is 0.410 e. The molecular formula is C11H18N4O2. The van der Waals surface area contributed by atoms with Crippen molar-refractivity contribution in [3.8, 4) is 0 Å². The Hall–Kier alpha value is -1.42. The van der Waals surface area contributed by atoms with Gasteiger partial charge in [-0.3, -0.25) is 0 Å². The first-order valence-electron chi connectivity index (χ1n) is 5.96. The zero-order valence-electron chi connectivity index (χ0n) is 10.5. The minimum absolute atomic E-state index is 0.0590. The number of ether oxygens (including phenoxy) is 1. The lowest BCUT2D eigenvalue weighted by Gasteiger charge is -2.31. The van der Waals surface area contributed by atoms with E-state index in [4.69, 9.17) is 10.3 Å². The number of hydrogen-bond donors (Lipinski definition) is 0. The molecule has 0 bridgehead atoms. The molecule has 0 N–H and O–H groups in total. The highest BCUT2D eigenvalue weighted by Gasteiger charge is 2.51. The van der Waals surface area contributed by atoms with E-state index in [9.17, 15) is 4.79 Å². The van der Waals surface area contributed by atoms with Crippen LogP contribution in [-0.2, 0) is 4.74 Å². The van der Waals surface area contributed by atoms with Crippen LogP contribution in [0.5, 0.6) is 0 Å². The van der Waals surface area contributed by atoms with E-state index in [0.29, 0.717) is 12.5 Å². The summed E-state index contributed by atoms with van der Waals surface area (Å²) >= 11 is 0. The van der Waals surface area contributed by atoms with Crippen molar-refractivity contribution in [3.05, 3.63) is 10.4 Å². The standard InChI is InChI=1S/C11H18N4O2/c1-11(2,3)17-10(16)15-5-4-8(13-14-12)7-6-9(7)15/h7-9H,4-6H2,1-3H3. The predicted octanol–water partition coefficient (Wildman–Crippen LogP) is 2.69. The summed E-state index contributed by atoms with van der Waals surface area (Å²) < 4.78 is 5.35. The van der Waals surface area contributed by atoms with E-state index >= 15 is 0 Å². The van der Waals surface area contributed by atoms with Gasteiger partial charge in [-0.05, 0) is 45.1 Å². The Morgan fingerprint density at radius 3 is 2.82 bits per heavy atom. The molecule has 3 unspecified atom stereocenters. The van der Waals surface area contributed by atoms with Crippen molar-refractivity contribution in [2.45, 2.75) is 51.3 Å². The molecule has 17 heavy (non-hydrogen) atoms. The number of nitrogens with zero attached hydrogens (tertiary/aromatic N) is 4. The number of amides is 1. The normalized spacial score (nSPS) is 31.2. The third kappa shape index (κ3) is 2.64. The summed E-state index contributed by atoms with van der Waals surface area (Å²) in [6.45, 7) is 6.21. The van der Waals surface area contributed by atoms with E-state index in [1.807, 2.05) is 20.8 Å². The van der Waals surface area contributed by atoms with Crippen LogP contribution >= 0.6 is 0 Å². The van der Waals surface area contributed by atoms with Crippen molar-refractivity contribution in [2.75, 3.05) is 6.54 Å². The molecule has 1 saturated carbocycles. The van der Waals surface area contributed by atoms with Crippen LogP contribution in [0.15, 0.2) is 5.11 Å². The molecule has 6 nitrogen and oxygen atoms in total. The topological polar surface area (TPSA) is 78.3 Å². The van der Waals surface area contributed by atoms with Crippen molar-refractivity contribution < 1.29 is 9.53 Å². The second-order valence-corrected chi connectivity index (χ2v) is 5.70. The van der Waals surface area contributed by atoms with Crippen LogP contribution in [0.3, 0.4) is 0 Å². The molecule has 0 aromatic carbocycles. The van der Waals surface area contributed by atoms with Gasteiger partial charge in [-0.1, -0.05) is 5.11 Å². The number of carbonyl (C=O) groups excluding carboxylic acids is 1. The molecule has 2 rings (SSSR count). The van der Waals surface area contributed by atoms with Crippen LogP contribution in [-0.4, -0.2) is 35.2 Å². The Bertz CT molecular complexity index is 370. The minimum Gasteiger partial charge on any atom is -0.444 e. The quantitative estimate of drug-likeness (QED) is 0.400. The number of fused-ring (bicyclic) bond motifs is 1. The zero-order valence-corrected chi connectivity index (χ0v) is 10.5. The van der Waals surface area contributed by atoms with Gasteiger partial charge in [0.15, 0.2) is 0 Å². The maximum absolute atomic E-state index is 11.9. The molecular weight excluding hydrogens is 220 g/mol. The first kappa shape index (κ1) is 12.0. The fourth-order valence-electron chi connectivity index (χ4n) is 2.38. The molecule has 2 aliphatic rings. The third-order valence-electron chi connectivity index (χ3n) is 3.19. The molecule has 0 aromatic rings. The molecule has 0 aromatic heterocycles. The smallest absolute Gasteiger partial charge is 0.410 e. The maximum atomic E-state index is 11.9. The average Bonchev–Trinajstić information content (AvgIpc) is 2.95. The van der Waals surface area contributed by atoms with E-state index in [0.717, 1.165) is 12.8 Å². The summed E-state index contributed by atoms with van der Waals surface area (Å²) in [6.07, 6.45) is 1.43. The second kappa shape index (κ2) is 4.11. The Labute approximate surface area is 101 Å². The molecule has 1 aliphatic heterocycles. The first-order valence-corrected chi connectivity index (χ1v) is 5.96. The molecule has 1 aliphatic carbocycles. The number of piperidine rings is 1. The number of likely N-dealkylation sites (tertiary alicyclic amines) is 1. The summed E-state index contributed by atoms with van der Waals surface area (Å²) in [5.74, 6) is 0.340. The van der Waals surface area contributed by atoms with Gasteiger partial charge in [0, 0.05) is 23.5 Å². The van der Waals surface area contributed by atoms with Gasteiger partial charge in [-0.15, -0.1) is 0 Å². The van der Waals surface area contributed by atoms with Gasteiger partial charge in [-0.2, -0.15) is 0 Å². The minimum atomic E-state index is -0.455. The Morgan fingerprint density at radius 1 is 1.53 bits per heavy atom. The van der Waals surface area contributed by atoms with Crippen LogP contribution < -0.4 is 0 Å². The number of azide groups is 1. The second-order valence-electron chi connectivity index (χ2n) is 5.70. The van der Waals surface area contributed by atoms with Gasteiger partial charge < -0.3 is 9.64 Å². The molecule has 94 valence electrons. The highest BCUT2D eigenvalue weighted by molar-refractivity contribution is 5.69. The average molecular weight is 238 g/mol. The largest absolute Gasteiger partial charge is 0.444 e. The van der Waals surface area contributed by atoms with Gasteiger partial charge in [0.05, 0.1) is 0 Å². The van der Waals surface area contributed by atoms with Crippen molar-refractivity contribution in [2.24, 2.45) is 11.0 Å². The number of carbonyl (C=O) groups is 1. The van der Waals surface area contributed by atoms with Gasteiger partial charge in [-0.25, -0.2) is 4.79 Å². The molecule has 0 spiro atoms. The number of hydrogen-bond acceptors (Lipinski definition) is 3. The lowest BCUT2D eigenvalue weighted by molar-refractivity contribution is 0.0185. The fourth-order valence-corrected chi connectivity index (χ4v) is 2.38. The van der Waals surface area contributed by atoms with E-state index in [2.05, 4.69) is 10.0 Å². The SMILES string of the molecule is CC(C)(C)OC(=O)N1CCC(N=[N+]=[N-])C2CC21. The van der Waals surface area contributed by atoms with Crippen LogP contribution in [0, 0.1) is 5.92 Å². The van der Waals surface area contributed by atoms with E-state index in [1.165, 1.54) is 0 Å². The fraction of sp³-hybridized carbons (Fsp3) is 0.909. The Kier molecular flexibility index (Phi) is 2.91. The van der Waals surface area contributed by atoms with Crippen molar-refractivity contribution >= 4 is 6.09 Å². The predicted molar refractivity (Wildman–Crippen MR) is 62.4 cm³/mol.